The minimum absolute atomic E-state index is 0.0309. The van der Waals surface area contributed by atoms with Gasteiger partial charge in [0.1, 0.15) is 5.69 Å². The first-order chi connectivity index (χ1) is 9.71. The van der Waals surface area contributed by atoms with Crippen LogP contribution in [0, 0.1) is 12.3 Å². The van der Waals surface area contributed by atoms with Gasteiger partial charge in [0.05, 0.1) is 17.4 Å². The van der Waals surface area contributed by atoms with Crippen LogP contribution >= 0.6 is 0 Å². The third-order valence-electron chi connectivity index (χ3n) is 4.67. The van der Waals surface area contributed by atoms with E-state index in [0.717, 1.165) is 5.69 Å². The van der Waals surface area contributed by atoms with Crippen LogP contribution in [0.1, 0.15) is 43.4 Å². The van der Waals surface area contributed by atoms with Crippen LogP contribution < -0.4 is 5.32 Å². The summed E-state index contributed by atoms with van der Waals surface area (Å²) in [6, 6.07) is 1.73. The van der Waals surface area contributed by atoms with Crippen LogP contribution in [0.4, 0.5) is 0 Å². The molecule has 0 saturated heterocycles. The van der Waals surface area contributed by atoms with E-state index in [1.54, 1.807) is 17.8 Å². The molecule has 0 radical (unpaired) electrons. The molecule has 0 unspecified atom stereocenters. The number of carbonyl (C=O) groups excluding carboxylic acids is 1. The molecule has 1 aromatic rings. The van der Waals surface area contributed by atoms with E-state index < -0.39 is 5.60 Å². The van der Waals surface area contributed by atoms with Crippen LogP contribution in [0.2, 0.25) is 0 Å². The minimum atomic E-state index is -0.934. The van der Waals surface area contributed by atoms with E-state index in [0.29, 0.717) is 18.7 Å². The number of aliphatic hydroxyl groups is 1. The summed E-state index contributed by atoms with van der Waals surface area (Å²) in [5, 5.41) is 17.6. The molecule has 1 aliphatic rings. The number of rotatable bonds is 5. The highest BCUT2D eigenvalue weighted by Crippen LogP contribution is 2.50. The second kappa shape index (κ2) is 5.42. The molecule has 0 bridgehead atoms. The molecule has 1 fully saturated rings. The number of aryl methyl sites for hydroxylation is 2. The fraction of sp³-hybridized carbons (Fsp3) is 0.733. The average Bonchev–Trinajstić information content (AvgIpc) is 2.75. The maximum atomic E-state index is 12.2. The summed E-state index contributed by atoms with van der Waals surface area (Å²) in [5.41, 5.74) is -0.0224. The van der Waals surface area contributed by atoms with Gasteiger partial charge in [0.15, 0.2) is 0 Å². The smallest absolute Gasteiger partial charge is 0.269 e. The Bertz CT molecular complexity index is 538. The number of ether oxygens (including phenoxy) is 1. The quantitative estimate of drug-likeness (QED) is 0.850. The van der Waals surface area contributed by atoms with Crippen molar-refractivity contribution in [2.24, 2.45) is 12.5 Å². The van der Waals surface area contributed by atoms with E-state index in [2.05, 4.69) is 10.4 Å². The van der Waals surface area contributed by atoms with Crippen molar-refractivity contribution in [1.29, 1.82) is 0 Å². The van der Waals surface area contributed by atoms with Crippen LogP contribution in [-0.4, -0.2) is 45.7 Å². The third kappa shape index (κ3) is 2.70. The van der Waals surface area contributed by atoms with Crippen LogP contribution in [0.5, 0.6) is 0 Å². The molecule has 6 heteroatoms. The summed E-state index contributed by atoms with van der Waals surface area (Å²) in [5.74, 6) is -0.220. The third-order valence-corrected chi connectivity index (χ3v) is 4.67. The Hall–Kier alpha value is -1.40. The van der Waals surface area contributed by atoms with Gasteiger partial charge in [0, 0.05) is 32.0 Å². The Labute approximate surface area is 125 Å². The number of nitrogens with one attached hydrogen (secondary N) is 1. The zero-order valence-corrected chi connectivity index (χ0v) is 13.4. The molecule has 2 N–H and O–H groups in total. The number of hydrogen-bond acceptors (Lipinski definition) is 4. The lowest BCUT2D eigenvalue weighted by atomic mass is 9.56. The molecule has 1 aliphatic carbocycles. The molecule has 2 rings (SSSR count). The normalized spacial score (nSPS) is 27.2. The van der Waals surface area contributed by atoms with Gasteiger partial charge in [-0.1, -0.05) is 13.8 Å². The highest BCUT2D eigenvalue weighted by atomic mass is 16.5. The Morgan fingerprint density at radius 3 is 2.76 bits per heavy atom. The van der Waals surface area contributed by atoms with Crippen molar-refractivity contribution in [3.8, 4) is 0 Å². The van der Waals surface area contributed by atoms with Gasteiger partial charge in [-0.15, -0.1) is 0 Å². The molecule has 0 aliphatic heterocycles. The summed E-state index contributed by atoms with van der Waals surface area (Å²) in [6.07, 6.45) is 0.571. The van der Waals surface area contributed by atoms with Gasteiger partial charge in [-0.25, -0.2) is 0 Å². The van der Waals surface area contributed by atoms with Crippen molar-refractivity contribution < 1.29 is 14.6 Å². The Balaban J connectivity index is 1.97. The van der Waals surface area contributed by atoms with E-state index in [1.807, 2.05) is 27.7 Å². The summed E-state index contributed by atoms with van der Waals surface area (Å²) in [7, 11) is 1.73. The predicted molar refractivity (Wildman–Crippen MR) is 79.0 cm³/mol. The van der Waals surface area contributed by atoms with E-state index >= 15 is 0 Å². The van der Waals surface area contributed by atoms with Gasteiger partial charge in [0.25, 0.3) is 5.91 Å². The van der Waals surface area contributed by atoms with Gasteiger partial charge in [-0.3, -0.25) is 9.48 Å². The fourth-order valence-electron chi connectivity index (χ4n) is 2.90. The Kier molecular flexibility index (Phi) is 4.13. The van der Waals surface area contributed by atoms with Crippen LogP contribution in [0.15, 0.2) is 6.07 Å². The molecule has 1 amide bonds. The molecule has 1 saturated carbocycles. The zero-order chi connectivity index (χ0) is 15.8. The summed E-state index contributed by atoms with van der Waals surface area (Å²) in [6.45, 7) is 8.57. The zero-order valence-electron chi connectivity index (χ0n) is 13.4. The predicted octanol–water partition coefficient (Wildman–Crippen LogP) is 1.02. The van der Waals surface area contributed by atoms with Crippen LogP contribution in [0.3, 0.4) is 0 Å². The molecule has 6 nitrogen and oxygen atoms in total. The topological polar surface area (TPSA) is 76.4 Å². The first kappa shape index (κ1) is 16.0. The van der Waals surface area contributed by atoms with Crippen molar-refractivity contribution >= 4 is 5.91 Å². The van der Waals surface area contributed by atoms with Gasteiger partial charge in [-0.05, 0) is 19.9 Å². The Morgan fingerprint density at radius 2 is 2.29 bits per heavy atom. The molecular weight excluding hydrogens is 270 g/mol. The lowest BCUT2D eigenvalue weighted by Gasteiger charge is -2.57. The van der Waals surface area contributed by atoms with Crippen LogP contribution in [0.25, 0.3) is 0 Å². The summed E-state index contributed by atoms with van der Waals surface area (Å²) < 4.78 is 7.16. The molecule has 21 heavy (non-hydrogen) atoms. The summed E-state index contributed by atoms with van der Waals surface area (Å²) in [4.78, 5) is 12.2. The first-order valence-corrected chi connectivity index (χ1v) is 7.34. The van der Waals surface area contributed by atoms with Crippen molar-refractivity contribution in [1.82, 2.24) is 15.1 Å². The second-order valence-corrected chi connectivity index (χ2v) is 6.38. The fourth-order valence-corrected chi connectivity index (χ4v) is 2.90. The molecule has 2 atom stereocenters. The van der Waals surface area contributed by atoms with E-state index in [9.17, 15) is 9.90 Å². The number of carbonyl (C=O) groups is 1. The monoisotopic (exact) mass is 295 g/mol. The minimum Gasteiger partial charge on any atom is -0.387 e. The van der Waals surface area contributed by atoms with E-state index in [-0.39, 0.29) is 24.0 Å². The lowest BCUT2D eigenvalue weighted by molar-refractivity contribution is -0.237. The number of amides is 1. The maximum Gasteiger partial charge on any atom is 0.269 e. The van der Waals surface area contributed by atoms with E-state index in [1.165, 1.54) is 0 Å². The van der Waals surface area contributed by atoms with Gasteiger partial charge >= 0.3 is 0 Å². The lowest BCUT2D eigenvalue weighted by Crippen LogP contribution is -2.68. The molecular formula is C15H25N3O3. The molecule has 0 spiro atoms. The average molecular weight is 295 g/mol. The number of hydrogen-bond donors (Lipinski definition) is 2. The largest absolute Gasteiger partial charge is 0.387 e. The van der Waals surface area contributed by atoms with E-state index in [4.69, 9.17) is 4.74 Å². The second-order valence-electron chi connectivity index (χ2n) is 6.38. The molecule has 1 heterocycles. The van der Waals surface area contributed by atoms with Crippen LogP contribution in [-0.2, 0) is 11.8 Å². The van der Waals surface area contributed by atoms with Gasteiger partial charge in [0.2, 0.25) is 0 Å². The van der Waals surface area contributed by atoms with Crippen molar-refractivity contribution in [3.05, 3.63) is 17.5 Å². The summed E-state index contributed by atoms with van der Waals surface area (Å²) >= 11 is 0. The van der Waals surface area contributed by atoms with Gasteiger partial charge in [-0.2, -0.15) is 5.10 Å². The molecule has 0 aromatic carbocycles. The first-order valence-electron chi connectivity index (χ1n) is 7.34. The highest BCUT2D eigenvalue weighted by Gasteiger charge is 2.59. The van der Waals surface area contributed by atoms with Gasteiger partial charge < -0.3 is 15.2 Å². The molecule has 118 valence electrons. The van der Waals surface area contributed by atoms with Crippen molar-refractivity contribution in [2.45, 2.75) is 45.8 Å². The molecule has 1 aromatic heterocycles. The standard InChI is InChI=1S/C15H25N3O3/c1-6-21-12-8-15(20,14(12,3)4)9-16-13(19)11-7-10(2)17-18(11)5/h7,12,20H,6,8-9H2,1-5H3,(H,16,19)/t12-,15+/m0/s1. The van der Waals surface area contributed by atoms with Crippen molar-refractivity contribution in [2.75, 3.05) is 13.2 Å². The SMILES string of the molecule is CCO[C@H]1C[C@@](O)(CNC(=O)c2cc(C)nn2C)C1(C)C. The number of aromatic nitrogens is 2. The maximum absolute atomic E-state index is 12.2. The Morgan fingerprint density at radius 1 is 1.62 bits per heavy atom. The number of nitrogens with zero attached hydrogens (tertiary/aromatic N) is 2. The highest BCUT2D eigenvalue weighted by molar-refractivity contribution is 5.92. The van der Waals surface area contributed by atoms with Crippen molar-refractivity contribution in [3.63, 3.8) is 0 Å².